The molecule has 4 nitrogen and oxygen atoms in total. The molecule has 0 heterocycles. The Balaban J connectivity index is 1.88. The predicted octanol–water partition coefficient (Wildman–Crippen LogP) is 4.23. The Morgan fingerprint density at radius 2 is 1.50 bits per heavy atom. The van der Waals surface area contributed by atoms with Gasteiger partial charge in [0.15, 0.2) is 0 Å². The van der Waals surface area contributed by atoms with Gasteiger partial charge in [0.25, 0.3) is 0 Å². The fraction of sp³-hybridized carbons (Fsp3) is 0.333. The number of carbonyl (C=O) groups excluding carboxylic acids is 2. The molecule has 0 aliphatic rings. The zero-order valence-corrected chi connectivity index (χ0v) is 16.2. The van der Waals surface area contributed by atoms with Crippen LogP contribution in [-0.2, 0) is 22.4 Å². The van der Waals surface area contributed by atoms with E-state index >= 15 is 0 Å². The largest absolute Gasteiger partial charge is 0.355 e. The molecule has 138 valence electrons. The number of hydrogen-bond acceptors (Lipinski definition) is 2. The van der Waals surface area contributed by atoms with E-state index in [2.05, 4.69) is 17.6 Å². The van der Waals surface area contributed by atoms with E-state index < -0.39 is 5.41 Å². The van der Waals surface area contributed by atoms with Crippen LogP contribution in [-0.4, -0.2) is 18.4 Å². The highest BCUT2D eigenvalue weighted by Crippen LogP contribution is 2.20. The second-order valence-electron chi connectivity index (χ2n) is 6.76. The molecule has 2 N–H and O–H groups in total. The summed E-state index contributed by atoms with van der Waals surface area (Å²) in [6, 6.07) is 15.1. The Hall–Kier alpha value is -2.33. The molecule has 0 aromatic heterocycles. The van der Waals surface area contributed by atoms with Crippen molar-refractivity contribution < 1.29 is 9.59 Å². The fourth-order valence-electron chi connectivity index (χ4n) is 2.41. The molecular formula is C21H25ClN2O2. The fourth-order valence-corrected chi connectivity index (χ4v) is 2.53. The van der Waals surface area contributed by atoms with Crippen molar-refractivity contribution in [2.24, 2.45) is 5.41 Å². The topological polar surface area (TPSA) is 58.2 Å². The van der Waals surface area contributed by atoms with E-state index in [4.69, 9.17) is 11.6 Å². The number of anilines is 1. The van der Waals surface area contributed by atoms with Crippen molar-refractivity contribution in [3.8, 4) is 0 Å². The van der Waals surface area contributed by atoms with Crippen LogP contribution in [0.5, 0.6) is 0 Å². The number of benzene rings is 2. The van der Waals surface area contributed by atoms with Crippen LogP contribution < -0.4 is 10.6 Å². The highest BCUT2D eigenvalue weighted by Gasteiger charge is 2.35. The minimum Gasteiger partial charge on any atom is -0.355 e. The standard InChI is InChI=1S/C21H25ClN2O2/c1-4-15-7-11-18(12-8-15)24-20(26)21(2,3)19(25)23-14-13-16-5-9-17(22)10-6-16/h5-12H,4,13-14H2,1-3H3,(H,23,25)(H,24,26). The van der Waals surface area contributed by atoms with Gasteiger partial charge in [-0.3, -0.25) is 9.59 Å². The van der Waals surface area contributed by atoms with Gasteiger partial charge in [-0.2, -0.15) is 0 Å². The summed E-state index contributed by atoms with van der Waals surface area (Å²) in [4.78, 5) is 25.0. The monoisotopic (exact) mass is 372 g/mol. The third-order valence-electron chi connectivity index (χ3n) is 4.37. The van der Waals surface area contributed by atoms with Gasteiger partial charge in [-0.1, -0.05) is 42.8 Å². The first kappa shape index (κ1) is 20.0. The molecule has 2 aromatic carbocycles. The van der Waals surface area contributed by atoms with Crippen molar-refractivity contribution in [1.82, 2.24) is 5.32 Å². The van der Waals surface area contributed by atoms with Crippen molar-refractivity contribution >= 4 is 29.1 Å². The summed E-state index contributed by atoms with van der Waals surface area (Å²) in [5.41, 5.74) is 1.80. The lowest BCUT2D eigenvalue weighted by Gasteiger charge is -2.23. The van der Waals surface area contributed by atoms with Crippen LogP contribution in [0, 0.1) is 5.41 Å². The van der Waals surface area contributed by atoms with Gasteiger partial charge in [-0.15, -0.1) is 0 Å². The van der Waals surface area contributed by atoms with Crippen LogP contribution in [0.1, 0.15) is 31.9 Å². The molecule has 2 amide bonds. The number of amides is 2. The van der Waals surface area contributed by atoms with Crippen molar-refractivity contribution in [1.29, 1.82) is 0 Å². The lowest BCUT2D eigenvalue weighted by molar-refractivity contribution is -0.138. The first-order valence-corrected chi connectivity index (χ1v) is 9.14. The van der Waals surface area contributed by atoms with Gasteiger partial charge >= 0.3 is 0 Å². The molecule has 0 unspecified atom stereocenters. The summed E-state index contributed by atoms with van der Waals surface area (Å²) in [6.07, 6.45) is 1.62. The number of carbonyl (C=O) groups is 2. The first-order chi connectivity index (χ1) is 12.3. The van der Waals surface area contributed by atoms with Gasteiger partial charge in [-0.05, 0) is 62.1 Å². The minimum atomic E-state index is -1.16. The molecule has 0 bridgehead atoms. The summed E-state index contributed by atoms with van der Waals surface area (Å²) in [5.74, 6) is -0.625. The maximum absolute atomic E-state index is 12.5. The Morgan fingerprint density at radius 1 is 0.923 bits per heavy atom. The van der Waals surface area contributed by atoms with Crippen LogP contribution >= 0.6 is 11.6 Å². The molecule has 2 rings (SSSR count). The molecule has 26 heavy (non-hydrogen) atoms. The summed E-state index contributed by atoms with van der Waals surface area (Å²) in [5, 5.41) is 6.34. The molecule has 0 spiro atoms. The van der Waals surface area contributed by atoms with Crippen molar-refractivity contribution in [3.05, 3.63) is 64.7 Å². The second kappa shape index (κ2) is 8.86. The van der Waals surface area contributed by atoms with Gasteiger partial charge in [0.1, 0.15) is 5.41 Å². The normalized spacial score (nSPS) is 11.1. The van der Waals surface area contributed by atoms with Crippen molar-refractivity contribution in [2.75, 3.05) is 11.9 Å². The summed E-state index contributed by atoms with van der Waals surface area (Å²) < 4.78 is 0. The molecule has 0 fully saturated rings. The first-order valence-electron chi connectivity index (χ1n) is 8.76. The zero-order valence-electron chi connectivity index (χ0n) is 15.4. The molecule has 0 radical (unpaired) electrons. The van der Waals surface area contributed by atoms with Crippen LogP contribution in [0.15, 0.2) is 48.5 Å². The molecule has 5 heteroatoms. The Labute approximate surface area is 159 Å². The summed E-state index contributed by atoms with van der Waals surface area (Å²) >= 11 is 5.86. The van der Waals surface area contributed by atoms with E-state index in [1.165, 1.54) is 5.56 Å². The summed E-state index contributed by atoms with van der Waals surface area (Å²) in [6.45, 7) is 5.79. The lowest BCUT2D eigenvalue weighted by atomic mass is 9.90. The van der Waals surface area contributed by atoms with Crippen LogP contribution in [0.2, 0.25) is 5.02 Å². The Morgan fingerprint density at radius 3 is 2.08 bits per heavy atom. The van der Waals surface area contributed by atoms with Gasteiger partial charge in [-0.25, -0.2) is 0 Å². The average molecular weight is 373 g/mol. The quantitative estimate of drug-likeness (QED) is 0.714. The van der Waals surface area contributed by atoms with Crippen LogP contribution in [0.3, 0.4) is 0 Å². The lowest BCUT2D eigenvalue weighted by Crippen LogP contribution is -2.45. The Kier molecular flexibility index (Phi) is 6.81. The maximum atomic E-state index is 12.5. The number of hydrogen-bond donors (Lipinski definition) is 2. The van der Waals surface area contributed by atoms with Crippen LogP contribution in [0.4, 0.5) is 5.69 Å². The third kappa shape index (κ3) is 5.33. The second-order valence-corrected chi connectivity index (χ2v) is 7.20. The highest BCUT2D eigenvalue weighted by atomic mass is 35.5. The SMILES string of the molecule is CCc1ccc(NC(=O)C(C)(C)C(=O)NCCc2ccc(Cl)cc2)cc1. The van der Waals surface area contributed by atoms with Gasteiger partial charge in [0.05, 0.1) is 0 Å². The van der Waals surface area contributed by atoms with Gasteiger partial charge in [0, 0.05) is 17.3 Å². The smallest absolute Gasteiger partial charge is 0.239 e. The van der Waals surface area contributed by atoms with Crippen molar-refractivity contribution in [3.63, 3.8) is 0 Å². The molecule has 0 aliphatic carbocycles. The number of halogens is 1. The number of aryl methyl sites for hydroxylation is 1. The van der Waals surface area contributed by atoms with E-state index in [0.717, 1.165) is 12.0 Å². The van der Waals surface area contributed by atoms with Gasteiger partial charge < -0.3 is 10.6 Å². The number of rotatable bonds is 7. The minimum absolute atomic E-state index is 0.297. The maximum Gasteiger partial charge on any atom is 0.239 e. The molecule has 0 saturated carbocycles. The van der Waals surface area contributed by atoms with E-state index in [-0.39, 0.29) is 11.8 Å². The third-order valence-corrected chi connectivity index (χ3v) is 4.62. The zero-order chi connectivity index (χ0) is 19.2. The van der Waals surface area contributed by atoms with E-state index in [1.54, 1.807) is 13.8 Å². The molecule has 0 aliphatic heterocycles. The average Bonchev–Trinajstić information content (AvgIpc) is 2.63. The van der Waals surface area contributed by atoms with Crippen LogP contribution in [0.25, 0.3) is 0 Å². The van der Waals surface area contributed by atoms with E-state index in [1.807, 2.05) is 48.5 Å². The molecule has 2 aromatic rings. The highest BCUT2D eigenvalue weighted by molar-refractivity contribution is 6.30. The number of nitrogens with one attached hydrogen (secondary N) is 2. The Bertz CT molecular complexity index is 753. The van der Waals surface area contributed by atoms with Gasteiger partial charge in [0.2, 0.25) is 11.8 Å². The summed E-state index contributed by atoms with van der Waals surface area (Å²) in [7, 11) is 0. The van der Waals surface area contributed by atoms with E-state index in [9.17, 15) is 9.59 Å². The molecule has 0 saturated heterocycles. The predicted molar refractivity (Wildman–Crippen MR) is 106 cm³/mol. The van der Waals surface area contributed by atoms with Crippen molar-refractivity contribution in [2.45, 2.75) is 33.6 Å². The molecule has 0 atom stereocenters. The molecular weight excluding hydrogens is 348 g/mol. The van der Waals surface area contributed by atoms with E-state index in [0.29, 0.717) is 23.7 Å².